The number of hydrogen-bond acceptors (Lipinski definition) is 2. The molecule has 0 atom stereocenters. The molecule has 0 N–H and O–H groups in total. The van der Waals surface area contributed by atoms with Crippen LogP contribution in [-0.4, -0.2) is 16.4 Å². The average molecular weight is 202 g/mol. The van der Waals surface area contributed by atoms with Crippen molar-refractivity contribution >= 4 is 0 Å². The van der Waals surface area contributed by atoms with Crippen LogP contribution in [0.4, 0.5) is 0 Å². The molecule has 0 bridgehead atoms. The molecule has 0 saturated carbocycles. The number of nitrogens with zero attached hydrogens (tertiary/aromatic N) is 2. The Morgan fingerprint density at radius 3 is 2.87 bits per heavy atom. The normalized spacial score (nSPS) is 10.2. The molecule has 0 aliphatic heterocycles. The van der Waals surface area contributed by atoms with E-state index < -0.39 is 0 Å². The van der Waals surface area contributed by atoms with Gasteiger partial charge in [0.1, 0.15) is 12.4 Å². The fourth-order valence-corrected chi connectivity index (χ4v) is 1.40. The summed E-state index contributed by atoms with van der Waals surface area (Å²) in [6.45, 7) is 3.47. The summed E-state index contributed by atoms with van der Waals surface area (Å²) in [7, 11) is 0. The maximum Gasteiger partial charge on any atom is 0.122 e. The Hall–Kier alpha value is -1.77. The summed E-state index contributed by atoms with van der Waals surface area (Å²) in [5, 5.41) is 4.11. The van der Waals surface area contributed by atoms with Gasteiger partial charge in [0.2, 0.25) is 0 Å². The average Bonchev–Trinajstić information content (AvgIpc) is 2.74. The largest absolute Gasteiger partial charge is 0.491 e. The highest BCUT2D eigenvalue weighted by Crippen LogP contribution is 2.15. The van der Waals surface area contributed by atoms with Gasteiger partial charge in [-0.1, -0.05) is 18.2 Å². The van der Waals surface area contributed by atoms with Crippen LogP contribution in [0.2, 0.25) is 0 Å². The minimum atomic E-state index is 0.645. The van der Waals surface area contributed by atoms with Crippen LogP contribution < -0.4 is 4.74 Å². The molecule has 78 valence electrons. The molecule has 3 nitrogen and oxygen atoms in total. The maximum absolute atomic E-state index is 5.65. The highest BCUT2D eigenvalue weighted by atomic mass is 16.5. The standard InChI is InChI=1S/C12H14N2O/c1-11-5-2-3-6-12(11)15-10-9-14-8-4-7-13-14/h2-8H,9-10H2,1H3. The molecule has 0 aliphatic rings. The summed E-state index contributed by atoms with van der Waals surface area (Å²) in [6.07, 6.45) is 3.70. The minimum absolute atomic E-state index is 0.645. The Balaban J connectivity index is 1.86. The number of aromatic nitrogens is 2. The first-order chi connectivity index (χ1) is 7.36. The van der Waals surface area contributed by atoms with Crippen LogP contribution in [0.15, 0.2) is 42.7 Å². The van der Waals surface area contributed by atoms with Crippen molar-refractivity contribution in [3.8, 4) is 5.75 Å². The summed E-state index contributed by atoms with van der Waals surface area (Å²) in [5.41, 5.74) is 1.16. The highest BCUT2D eigenvalue weighted by molar-refractivity contribution is 5.31. The third kappa shape index (κ3) is 2.59. The Kier molecular flexibility index (Phi) is 3.02. The first kappa shape index (κ1) is 9.77. The van der Waals surface area contributed by atoms with E-state index in [0.717, 1.165) is 17.9 Å². The lowest BCUT2D eigenvalue weighted by Gasteiger charge is -2.08. The van der Waals surface area contributed by atoms with Crippen LogP contribution in [0.5, 0.6) is 5.75 Å². The molecule has 15 heavy (non-hydrogen) atoms. The number of ether oxygens (including phenoxy) is 1. The van der Waals surface area contributed by atoms with Crippen LogP contribution >= 0.6 is 0 Å². The molecular formula is C12H14N2O. The van der Waals surface area contributed by atoms with Crippen molar-refractivity contribution in [2.45, 2.75) is 13.5 Å². The minimum Gasteiger partial charge on any atom is -0.491 e. The molecule has 0 aliphatic carbocycles. The Bertz CT molecular complexity index is 409. The molecule has 2 aromatic rings. The Labute approximate surface area is 89.3 Å². The molecule has 0 saturated heterocycles. The van der Waals surface area contributed by atoms with Crippen molar-refractivity contribution in [3.05, 3.63) is 48.3 Å². The smallest absolute Gasteiger partial charge is 0.122 e. The van der Waals surface area contributed by atoms with Crippen LogP contribution in [-0.2, 0) is 6.54 Å². The summed E-state index contributed by atoms with van der Waals surface area (Å²) >= 11 is 0. The summed E-state index contributed by atoms with van der Waals surface area (Å²) in [5.74, 6) is 0.949. The monoisotopic (exact) mass is 202 g/mol. The molecule has 0 fully saturated rings. The summed E-state index contributed by atoms with van der Waals surface area (Å²) in [4.78, 5) is 0. The highest BCUT2D eigenvalue weighted by Gasteiger charge is 1.97. The van der Waals surface area contributed by atoms with Gasteiger partial charge in [0.05, 0.1) is 6.54 Å². The van der Waals surface area contributed by atoms with Gasteiger partial charge in [-0.2, -0.15) is 5.10 Å². The first-order valence-corrected chi connectivity index (χ1v) is 5.02. The predicted octanol–water partition coefficient (Wildman–Crippen LogP) is 2.27. The van der Waals surface area contributed by atoms with Crippen molar-refractivity contribution in [1.29, 1.82) is 0 Å². The quantitative estimate of drug-likeness (QED) is 0.760. The van der Waals surface area contributed by atoms with E-state index in [0.29, 0.717) is 6.61 Å². The second-order valence-corrected chi connectivity index (χ2v) is 3.38. The van der Waals surface area contributed by atoms with Gasteiger partial charge >= 0.3 is 0 Å². The molecule has 0 amide bonds. The van der Waals surface area contributed by atoms with E-state index in [2.05, 4.69) is 5.10 Å². The van der Waals surface area contributed by atoms with Gasteiger partial charge in [0, 0.05) is 12.4 Å². The molecule has 1 heterocycles. The van der Waals surface area contributed by atoms with Crippen molar-refractivity contribution in [1.82, 2.24) is 9.78 Å². The molecule has 3 heteroatoms. The van der Waals surface area contributed by atoms with Gasteiger partial charge in [0.15, 0.2) is 0 Å². The molecular weight excluding hydrogens is 188 g/mol. The van der Waals surface area contributed by atoms with Gasteiger partial charge in [-0.25, -0.2) is 0 Å². The summed E-state index contributed by atoms with van der Waals surface area (Å²) in [6, 6.07) is 9.93. The second-order valence-electron chi connectivity index (χ2n) is 3.38. The lowest BCUT2D eigenvalue weighted by molar-refractivity contribution is 0.289. The third-order valence-electron chi connectivity index (χ3n) is 2.23. The van der Waals surface area contributed by atoms with Gasteiger partial charge in [-0.3, -0.25) is 4.68 Å². The van der Waals surface area contributed by atoms with Gasteiger partial charge in [-0.15, -0.1) is 0 Å². The zero-order valence-corrected chi connectivity index (χ0v) is 8.76. The number of para-hydroxylation sites is 1. The fourth-order valence-electron chi connectivity index (χ4n) is 1.40. The predicted molar refractivity (Wildman–Crippen MR) is 58.9 cm³/mol. The fraction of sp³-hybridized carbons (Fsp3) is 0.250. The topological polar surface area (TPSA) is 27.1 Å². The summed E-state index contributed by atoms with van der Waals surface area (Å²) < 4.78 is 7.51. The van der Waals surface area contributed by atoms with Gasteiger partial charge in [-0.05, 0) is 24.6 Å². The van der Waals surface area contributed by atoms with Gasteiger partial charge < -0.3 is 4.74 Å². The molecule has 0 radical (unpaired) electrons. The molecule has 0 unspecified atom stereocenters. The number of hydrogen-bond donors (Lipinski definition) is 0. The lowest BCUT2D eigenvalue weighted by atomic mass is 10.2. The third-order valence-corrected chi connectivity index (χ3v) is 2.23. The number of benzene rings is 1. The SMILES string of the molecule is Cc1ccccc1OCCn1cccn1. The molecule has 1 aromatic heterocycles. The van der Waals surface area contributed by atoms with E-state index in [1.807, 2.05) is 48.1 Å². The van der Waals surface area contributed by atoms with E-state index in [1.54, 1.807) is 6.20 Å². The van der Waals surface area contributed by atoms with Crippen LogP contribution in [0.25, 0.3) is 0 Å². The first-order valence-electron chi connectivity index (χ1n) is 5.02. The Morgan fingerprint density at radius 2 is 2.13 bits per heavy atom. The van der Waals surface area contributed by atoms with Crippen molar-refractivity contribution in [2.24, 2.45) is 0 Å². The molecule has 2 rings (SSSR count). The van der Waals surface area contributed by atoms with Crippen molar-refractivity contribution in [3.63, 3.8) is 0 Å². The Morgan fingerprint density at radius 1 is 1.27 bits per heavy atom. The second kappa shape index (κ2) is 4.64. The van der Waals surface area contributed by atoms with Crippen molar-refractivity contribution < 1.29 is 4.74 Å². The van der Waals surface area contributed by atoms with Crippen LogP contribution in [0, 0.1) is 6.92 Å². The van der Waals surface area contributed by atoms with E-state index >= 15 is 0 Å². The molecule has 0 spiro atoms. The number of rotatable bonds is 4. The van der Waals surface area contributed by atoms with E-state index in [4.69, 9.17) is 4.74 Å². The maximum atomic E-state index is 5.65. The van der Waals surface area contributed by atoms with Crippen LogP contribution in [0.3, 0.4) is 0 Å². The van der Waals surface area contributed by atoms with Crippen molar-refractivity contribution in [2.75, 3.05) is 6.61 Å². The van der Waals surface area contributed by atoms with E-state index in [1.165, 1.54) is 0 Å². The van der Waals surface area contributed by atoms with Gasteiger partial charge in [0.25, 0.3) is 0 Å². The van der Waals surface area contributed by atoms with Crippen LogP contribution in [0.1, 0.15) is 5.56 Å². The van der Waals surface area contributed by atoms with E-state index in [-0.39, 0.29) is 0 Å². The lowest BCUT2D eigenvalue weighted by Crippen LogP contribution is -2.08. The number of aryl methyl sites for hydroxylation is 1. The zero-order chi connectivity index (χ0) is 10.5. The zero-order valence-electron chi connectivity index (χ0n) is 8.76. The van der Waals surface area contributed by atoms with E-state index in [9.17, 15) is 0 Å². The molecule has 1 aromatic carbocycles.